The van der Waals surface area contributed by atoms with Gasteiger partial charge < -0.3 is 5.32 Å². The lowest BCUT2D eigenvalue weighted by molar-refractivity contribution is 0.284. The van der Waals surface area contributed by atoms with Crippen LogP contribution in [0.3, 0.4) is 0 Å². The van der Waals surface area contributed by atoms with E-state index >= 15 is 0 Å². The zero-order valence-corrected chi connectivity index (χ0v) is 12.7. The van der Waals surface area contributed by atoms with E-state index in [-0.39, 0.29) is 12.3 Å². The second-order valence-corrected chi connectivity index (χ2v) is 7.67. The summed E-state index contributed by atoms with van der Waals surface area (Å²) in [6.07, 6.45) is 0. The highest BCUT2D eigenvalue weighted by atomic mass is 35.5. The summed E-state index contributed by atoms with van der Waals surface area (Å²) in [6.45, 7) is -0.446. The van der Waals surface area contributed by atoms with Crippen molar-refractivity contribution in [2.24, 2.45) is 0 Å². The van der Waals surface area contributed by atoms with E-state index in [4.69, 9.17) is 16.2 Å². The zero-order valence-electron chi connectivity index (χ0n) is 10.3. The molecular weight excluding hydrogens is 330 g/mol. The van der Waals surface area contributed by atoms with E-state index in [1.54, 1.807) is 24.3 Å². The fraction of sp³-hybridized carbons (Fsp3) is 0.400. The summed E-state index contributed by atoms with van der Waals surface area (Å²) in [5.74, 6) is -0.681. The normalized spacial score (nSPS) is 12.3. The molecule has 0 radical (unpaired) electrons. The highest BCUT2D eigenvalue weighted by Gasteiger charge is 2.13. The molecule has 1 rings (SSSR count). The van der Waals surface area contributed by atoms with Gasteiger partial charge in [-0.25, -0.2) is 12.6 Å². The van der Waals surface area contributed by atoms with Gasteiger partial charge in [-0.1, -0.05) is 11.6 Å². The summed E-state index contributed by atoms with van der Waals surface area (Å²) in [7, 11) is -8.08. The van der Waals surface area contributed by atoms with E-state index in [0.29, 0.717) is 5.02 Å². The van der Waals surface area contributed by atoms with Crippen LogP contribution in [0.25, 0.3) is 0 Å². The number of nitrogens with one attached hydrogen (secondary N) is 1. The van der Waals surface area contributed by atoms with Gasteiger partial charge in [0.05, 0.1) is 18.1 Å². The van der Waals surface area contributed by atoms with E-state index in [1.807, 2.05) is 0 Å². The van der Waals surface area contributed by atoms with Gasteiger partial charge in [0.25, 0.3) is 0 Å². The average Bonchev–Trinajstić information content (AvgIpc) is 2.29. The van der Waals surface area contributed by atoms with Crippen LogP contribution in [0.1, 0.15) is 0 Å². The topological polar surface area (TPSA) is 110 Å². The van der Waals surface area contributed by atoms with Gasteiger partial charge in [-0.2, -0.15) is 8.42 Å². The molecule has 0 aromatic heterocycles. The molecule has 2 N–H and O–H groups in total. The lowest BCUT2D eigenvalue weighted by Crippen LogP contribution is -2.22. The molecule has 0 saturated heterocycles. The summed E-state index contributed by atoms with van der Waals surface area (Å²) in [5, 5.41) is 3.46. The predicted octanol–water partition coefficient (Wildman–Crippen LogP) is 0.986. The van der Waals surface area contributed by atoms with Crippen LogP contribution in [0, 0.1) is 0 Å². The second kappa shape index (κ2) is 7.23. The summed E-state index contributed by atoms with van der Waals surface area (Å²) in [5.41, 5.74) is 0.721. The van der Waals surface area contributed by atoms with Crippen molar-refractivity contribution in [2.45, 2.75) is 0 Å². The first-order chi connectivity index (χ1) is 9.18. The van der Waals surface area contributed by atoms with Crippen LogP contribution < -0.4 is 5.32 Å². The Balaban J connectivity index is 2.34. The Hall–Kier alpha value is -0.870. The Morgan fingerprint density at radius 3 is 2.25 bits per heavy atom. The van der Waals surface area contributed by atoms with Crippen molar-refractivity contribution >= 4 is 37.5 Å². The highest BCUT2D eigenvalue weighted by molar-refractivity contribution is 7.91. The first-order valence-electron chi connectivity index (χ1n) is 5.50. The molecule has 114 valence electrons. The molecule has 10 heteroatoms. The Bertz CT molecular complexity index is 626. The van der Waals surface area contributed by atoms with Gasteiger partial charge in [-0.3, -0.25) is 4.55 Å². The van der Waals surface area contributed by atoms with Crippen LogP contribution in [-0.2, 0) is 24.4 Å². The first-order valence-corrected chi connectivity index (χ1v) is 9.06. The van der Waals surface area contributed by atoms with Crippen molar-refractivity contribution in [3.05, 3.63) is 29.3 Å². The quantitative estimate of drug-likeness (QED) is 0.677. The molecule has 0 heterocycles. The largest absolute Gasteiger partial charge is 0.397 e. The predicted molar refractivity (Wildman–Crippen MR) is 76.1 cm³/mol. The smallest absolute Gasteiger partial charge is 0.384 e. The third-order valence-electron chi connectivity index (χ3n) is 2.21. The highest BCUT2D eigenvalue weighted by Crippen LogP contribution is 2.13. The lowest BCUT2D eigenvalue weighted by atomic mass is 10.3. The van der Waals surface area contributed by atoms with E-state index in [1.165, 1.54) is 0 Å². The molecule has 0 unspecified atom stereocenters. The molecule has 7 nitrogen and oxygen atoms in total. The monoisotopic (exact) mass is 343 g/mol. The third kappa shape index (κ3) is 7.65. The summed E-state index contributed by atoms with van der Waals surface area (Å²) in [6, 6.07) is 6.74. The Morgan fingerprint density at radius 2 is 1.70 bits per heavy atom. The van der Waals surface area contributed by atoms with Crippen molar-refractivity contribution in [2.75, 3.05) is 30.0 Å². The molecule has 0 atom stereocenters. The summed E-state index contributed by atoms with van der Waals surface area (Å²) >= 11 is 5.71. The molecule has 0 aliphatic rings. The molecule has 1 aromatic rings. The molecule has 0 bridgehead atoms. The minimum absolute atomic E-state index is 0.163. The second-order valence-electron chi connectivity index (χ2n) is 3.84. The summed E-state index contributed by atoms with van der Waals surface area (Å²) in [4.78, 5) is 0. The molecular formula is C10H14ClNO6S2. The van der Waals surface area contributed by atoms with Crippen LogP contribution in [-0.4, -0.2) is 46.0 Å². The Labute approximate surface area is 122 Å². The number of hydrogen-bond donors (Lipinski definition) is 2. The number of hydrogen-bond acceptors (Lipinski definition) is 6. The van der Waals surface area contributed by atoms with E-state index in [0.717, 1.165) is 5.69 Å². The third-order valence-corrected chi connectivity index (χ3v) is 4.54. The molecule has 20 heavy (non-hydrogen) atoms. The fourth-order valence-electron chi connectivity index (χ4n) is 1.29. The zero-order chi connectivity index (χ0) is 15.2. The number of sulfone groups is 1. The summed E-state index contributed by atoms with van der Waals surface area (Å²) < 4.78 is 55.9. The Kier molecular flexibility index (Phi) is 6.21. The van der Waals surface area contributed by atoms with Crippen molar-refractivity contribution in [1.29, 1.82) is 0 Å². The van der Waals surface area contributed by atoms with E-state index < -0.39 is 32.6 Å². The van der Waals surface area contributed by atoms with Crippen molar-refractivity contribution in [3.63, 3.8) is 0 Å². The standard InChI is InChI=1S/C10H14ClNO6S2/c11-9-1-3-10(4-2-9)12-5-7-19(13,14)8-6-18-20(15,16)17/h1-4,12H,5-8H2,(H,15,16,17). The van der Waals surface area contributed by atoms with E-state index in [2.05, 4.69) is 9.50 Å². The molecule has 1 aromatic carbocycles. The van der Waals surface area contributed by atoms with Crippen LogP contribution in [0.2, 0.25) is 5.02 Å². The molecule has 0 aliphatic carbocycles. The van der Waals surface area contributed by atoms with Gasteiger partial charge in [0.1, 0.15) is 0 Å². The molecule has 0 amide bonds. The van der Waals surface area contributed by atoms with Gasteiger partial charge >= 0.3 is 10.4 Å². The van der Waals surface area contributed by atoms with Gasteiger partial charge in [0.2, 0.25) is 0 Å². The molecule has 0 saturated carbocycles. The molecule has 0 fully saturated rings. The Morgan fingerprint density at radius 1 is 1.10 bits per heavy atom. The maximum Gasteiger partial charge on any atom is 0.397 e. The molecule has 0 aliphatic heterocycles. The lowest BCUT2D eigenvalue weighted by Gasteiger charge is -2.07. The van der Waals surface area contributed by atoms with Gasteiger partial charge in [-0.05, 0) is 24.3 Å². The van der Waals surface area contributed by atoms with Crippen LogP contribution >= 0.6 is 11.6 Å². The van der Waals surface area contributed by atoms with E-state index in [9.17, 15) is 16.8 Å². The SMILES string of the molecule is O=S(=O)(CCNc1ccc(Cl)cc1)CCOS(=O)(=O)O. The average molecular weight is 344 g/mol. The number of anilines is 1. The first kappa shape index (κ1) is 17.2. The van der Waals surface area contributed by atoms with Gasteiger partial charge in [0, 0.05) is 17.3 Å². The fourth-order valence-corrected chi connectivity index (χ4v) is 2.77. The van der Waals surface area contributed by atoms with Gasteiger partial charge in [0.15, 0.2) is 9.84 Å². The maximum absolute atomic E-state index is 11.5. The minimum Gasteiger partial charge on any atom is -0.384 e. The van der Waals surface area contributed by atoms with Gasteiger partial charge in [-0.15, -0.1) is 0 Å². The maximum atomic E-state index is 11.5. The minimum atomic E-state index is -4.61. The van der Waals surface area contributed by atoms with Crippen molar-refractivity contribution in [3.8, 4) is 0 Å². The van der Waals surface area contributed by atoms with Crippen LogP contribution in [0.4, 0.5) is 5.69 Å². The van der Waals surface area contributed by atoms with Crippen LogP contribution in [0.5, 0.6) is 0 Å². The number of benzene rings is 1. The number of halogens is 1. The number of rotatable bonds is 8. The van der Waals surface area contributed by atoms with Crippen molar-refractivity contribution in [1.82, 2.24) is 0 Å². The van der Waals surface area contributed by atoms with Crippen molar-refractivity contribution < 1.29 is 25.6 Å². The molecule has 0 spiro atoms. The van der Waals surface area contributed by atoms with Crippen LogP contribution in [0.15, 0.2) is 24.3 Å².